The van der Waals surface area contributed by atoms with E-state index in [-0.39, 0.29) is 5.91 Å². The van der Waals surface area contributed by atoms with Crippen molar-refractivity contribution < 1.29 is 9.53 Å². The van der Waals surface area contributed by atoms with Crippen LogP contribution in [-0.2, 0) is 9.53 Å². The second-order valence-electron chi connectivity index (χ2n) is 4.51. The highest BCUT2D eigenvalue weighted by Crippen LogP contribution is 2.35. The van der Waals surface area contributed by atoms with E-state index in [1.54, 1.807) is 0 Å². The Kier molecular flexibility index (Phi) is 1.94. The molecular formula is C12H14N2O2. The molecule has 1 aromatic rings. The summed E-state index contributed by atoms with van der Waals surface area (Å²) < 4.78 is 5.33. The molecule has 1 unspecified atom stereocenters. The van der Waals surface area contributed by atoms with Crippen molar-refractivity contribution in [3.63, 3.8) is 0 Å². The molecule has 16 heavy (non-hydrogen) atoms. The molecule has 0 bridgehead atoms. The predicted octanol–water partition coefficient (Wildman–Crippen LogP) is 1.52. The second kappa shape index (κ2) is 3.22. The van der Waals surface area contributed by atoms with Crippen LogP contribution in [0.2, 0.25) is 0 Å². The molecule has 0 saturated carbocycles. The Morgan fingerprint density at radius 2 is 2.25 bits per heavy atom. The Bertz CT molecular complexity index is 450. The summed E-state index contributed by atoms with van der Waals surface area (Å²) in [6.45, 7) is 3.13. The SMILES string of the molecule is Cc1ccc2c(c1)NC1(CCOC1)C(=O)N2. The Morgan fingerprint density at radius 3 is 3.00 bits per heavy atom. The van der Waals surface area contributed by atoms with Crippen molar-refractivity contribution in [1.82, 2.24) is 0 Å². The molecule has 1 fully saturated rings. The normalized spacial score (nSPS) is 27.4. The quantitative estimate of drug-likeness (QED) is 0.694. The molecule has 0 radical (unpaired) electrons. The fraction of sp³-hybridized carbons (Fsp3) is 0.417. The van der Waals surface area contributed by atoms with E-state index >= 15 is 0 Å². The van der Waals surface area contributed by atoms with Crippen LogP contribution >= 0.6 is 0 Å². The summed E-state index contributed by atoms with van der Waals surface area (Å²) >= 11 is 0. The maximum Gasteiger partial charge on any atom is 0.252 e. The van der Waals surface area contributed by atoms with E-state index in [0.717, 1.165) is 17.8 Å². The Labute approximate surface area is 94.0 Å². The smallest absolute Gasteiger partial charge is 0.252 e. The highest BCUT2D eigenvalue weighted by molar-refractivity contribution is 6.06. The zero-order valence-corrected chi connectivity index (χ0v) is 9.17. The Morgan fingerprint density at radius 1 is 1.38 bits per heavy atom. The highest BCUT2D eigenvalue weighted by Gasteiger charge is 2.45. The van der Waals surface area contributed by atoms with E-state index in [9.17, 15) is 4.79 Å². The minimum Gasteiger partial charge on any atom is -0.378 e. The Balaban J connectivity index is 2.02. The molecule has 1 spiro atoms. The lowest BCUT2D eigenvalue weighted by molar-refractivity contribution is -0.120. The van der Waals surface area contributed by atoms with E-state index in [1.807, 2.05) is 19.1 Å². The molecular weight excluding hydrogens is 204 g/mol. The number of hydrogen-bond donors (Lipinski definition) is 2. The molecule has 84 valence electrons. The molecule has 0 aromatic heterocycles. The molecule has 2 aliphatic rings. The van der Waals surface area contributed by atoms with E-state index < -0.39 is 5.54 Å². The molecule has 3 rings (SSSR count). The van der Waals surface area contributed by atoms with Crippen molar-refractivity contribution in [3.8, 4) is 0 Å². The number of rotatable bonds is 0. The zero-order chi connectivity index (χ0) is 11.2. The minimum atomic E-state index is -0.555. The molecule has 2 aliphatic heterocycles. The molecule has 0 aliphatic carbocycles. The van der Waals surface area contributed by atoms with Gasteiger partial charge in [-0.25, -0.2) is 0 Å². The fourth-order valence-corrected chi connectivity index (χ4v) is 2.27. The fourth-order valence-electron chi connectivity index (χ4n) is 2.27. The van der Waals surface area contributed by atoms with Gasteiger partial charge in [-0.05, 0) is 24.6 Å². The topological polar surface area (TPSA) is 50.4 Å². The van der Waals surface area contributed by atoms with Crippen LogP contribution in [0, 0.1) is 6.92 Å². The number of hydrogen-bond acceptors (Lipinski definition) is 3. The van der Waals surface area contributed by atoms with Crippen LogP contribution in [-0.4, -0.2) is 24.7 Å². The summed E-state index contributed by atoms with van der Waals surface area (Å²) in [5.74, 6) is 0.0151. The summed E-state index contributed by atoms with van der Waals surface area (Å²) in [5, 5.41) is 6.26. The van der Waals surface area contributed by atoms with Crippen LogP contribution in [0.1, 0.15) is 12.0 Å². The number of nitrogens with one attached hydrogen (secondary N) is 2. The third kappa shape index (κ3) is 1.30. The average Bonchev–Trinajstić information content (AvgIpc) is 2.70. The van der Waals surface area contributed by atoms with Crippen molar-refractivity contribution in [2.45, 2.75) is 18.9 Å². The van der Waals surface area contributed by atoms with Crippen molar-refractivity contribution in [3.05, 3.63) is 23.8 Å². The van der Waals surface area contributed by atoms with E-state index in [2.05, 4.69) is 16.7 Å². The first-order chi connectivity index (χ1) is 7.70. The van der Waals surface area contributed by atoms with E-state index in [0.29, 0.717) is 13.2 Å². The molecule has 4 nitrogen and oxygen atoms in total. The molecule has 1 saturated heterocycles. The van der Waals surface area contributed by atoms with Gasteiger partial charge in [-0.3, -0.25) is 4.79 Å². The van der Waals surface area contributed by atoms with Gasteiger partial charge < -0.3 is 15.4 Å². The van der Waals surface area contributed by atoms with Gasteiger partial charge in [0.25, 0.3) is 5.91 Å². The molecule has 1 amide bonds. The van der Waals surface area contributed by atoms with Crippen LogP contribution in [0.5, 0.6) is 0 Å². The van der Waals surface area contributed by atoms with Gasteiger partial charge in [0.15, 0.2) is 0 Å². The summed E-state index contributed by atoms with van der Waals surface area (Å²) in [7, 11) is 0. The van der Waals surface area contributed by atoms with Crippen molar-refractivity contribution >= 4 is 17.3 Å². The van der Waals surface area contributed by atoms with Gasteiger partial charge in [0.1, 0.15) is 5.54 Å². The van der Waals surface area contributed by atoms with Crippen LogP contribution in [0.25, 0.3) is 0 Å². The Hall–Kier alpha value is -1.55. The van der Waals surface area contributed by atoms with Gasteiger partial charge in [0.05, 0.1) is 18.0 Å². The summed E-state index contributed by atoms with van der Waals surface area (Å²) in [4.78, 5) is 12.0. The number of ether oxygens (including phenoxy) is 1. The van der Waals surface area contributed by atoms with E-state index in [1.165, 1.54) is 5.56 Å². The minimum absolute atomic E-state index is 0.0151. The maximum absolute atomic E-state index is 12.0. The molecule has 4 heteroatoms. The second-order valence-corrected chi connectivity index (χ2v) is 4.51. The first-order valence-electron chi connectivity index (χ1n) is 5.48. The van der Waals surface area contributed by atoms with Gasteiger partial charge in [-0.15, -0.1) is 0 Å². The standard InChI is InChI=1S/C12H14N2O2/c1-8-2-3-9-10(6-8)14-12(11(15)13-9)4-5-16-7-12/h2-3,6,14H,4-5,7H2,1H3,(H,13,15). The van der Waals surface area contributed by atoms with Crippen molar-refractivity contribution in [2.75, 3.05) is 23.8 Å². The summed E-state index contributed by atoms with van der Waals surface area (Å²) in [6, 6.07) is 5.97. The van der Waals surface area contributed by atoms with Gasteiger partial charge in [-0.1, -0.05) is 6.07 Å². The molecule has 1 aromatic carbocycles. The van der Waals surface area contributed by atoms with Gasteiger partial charge >= 0.3 is 0 Å². The number of anilines is 2. The lowest BCUT2D eigenvalue weighted by Gasteiger charge is -2.34. The van der Waals surface area contributed by atoms with Crippen LogP contribution < -0.4 is 10.6 Å². The first-order valence-corrected chi connectivity index (χ1v) is 5.48. The first kappa shape index (κ1) is 9.66. The van der Waals surface area contributed by atoms with Crippen LogP contribution in [0.3, 0.4) is 0 Å². The number of aryl methyl sites for hydroxylation is 1. The van der Waals surface area contributed by atoms with Crippen LogP contribution in [0.15, 0.2) is 18.2 Å². The van der Waals surface area contributed by atoms with Gasteiger partial charge in [-0.2, -0.15) is 0 Å². The maximum atomic E-state index is 12.0. The van der Waals surface area contributed by atoms with Gasteiger partial charge in [0, 0.05) is 13.0 Å². The van der Waals surface area contributed by atoms with Crippen molar-refractivity contribution in [1.29, 1.82) is 0 Å². The van der Waals surface area contributed by atoms with Crippen LogP contribution in [0.4, 0.5) is 11.4 Å². The summed E-state index contributed by atoms with van der Waals surface area (Å²) in [5.41, 5.74) is 2.47. The largest absolute Gasteiger partial charge is 0.378 e. The lowest BCUT2D eigenvalue weighted by atomic mass is 9.94. The molecule has 1 atom stereocenters. The number of amides is 1. The average molecular weight is 218 g/mol. The lowest BCUT2D eigenvalue weighted by Crippen LogP contribution is -2.53. The third-order valence-electron chi connectivity index (χ3n) is 3.25. The van der Waals surface area contributed by atoms with Crippen molar-refractivity contribution in [2.24, 2.45) is 0 Å². The van der Waals surface area contributed by atoms with E-state index in [4.69, 9.17) is 4.74 Å². The number of benzene rings is 1. The zero-order valence-electron chi connectivity index (χ0n) is 9.17. The molecule has 2 heterocycles. The predicted molar refractivity (Wildman–Crippen MR) is 61.6 cm³/mol. The monoisotopic (exact) mass is 218 g/mol. The highest BCUT2D eigenvalue weighted by atomic mass is 16.5. The number of carbonyl (C=O) groups excluding carboxylic acids is 1. The third-order valence-corrected chi connectivity index (χ3v) is 3.25. The number of carbonyl (C=O) groups is 1. The molecule has 2 N–H and O–H groups in total. The summed E-state index contributed by atoms with van der Waals surface area (Å²) in [6.07, 6.45) is 0.728. The van der Waals surface area contributed by atoms with Gasteiger partial charge in [0.2, 0.25) is 0 Å². The number of fused-ring (bicyclic) bond motifs is 1.